The van der Waals surface area contributed by atoms with E-state index in [4.69, 9.17) is 4.74 Å². The third-order valence-corrected chi connectivity index (χ3v) is 3.84. The van der Waals surface area contributed by atoms with Gasteiger partial charge in [0.2, 0.25) is 0 Å². The van der Waals surface area contributed by atoms with Crippen LogP contribution in [-0.4, -0.2) is 49.8 Å². The average molecular weight is 309 g/mol. The number of nitrogens with one attached hydrogen (secondary N) is 2. The van der Waals surface area contributed by atoms with Gasteiger partial charge in [-0.15, -0.1) is 0 Å². The number of ether oxygens (including phenoxy) is 1. The van der Waals surface area contributed by atoms with E-state index in [0.29, 0.717) is 18.2 Å². The van der Waals surface area contributed by atoms with E-state index < -0.39 is 0 Å². The minimum Gasteiger partial charge on any atom is -0.379 e. The van der Waals surface area contributed by atoms with Gasteiger partial charge in [0.1, 0.15) is 5.82 Å². The van der Waals surface area contributed by atoms with Crippen molar-refractivity contribution in [1.82, 2.24) is 10.2 Å². The van der Waals surface area contributed by atoms with Crippen molar-refractivity contribution in [3.63, 3.8) is 0 Å². The Kier molecular flexibility index (Phi) is 6.15. The Balaban J connectivity index is 1.84. The molecule has 122 valence electrons. The molecule has 0 saturated carbocycles. The molecular formula is C16H24FN3O2. The Bertz CT molecular complexity index is 490. The topological polar surface area (TPSA) is 53.6 Å². The smallest absolute Gasteiger partial charge is 0.319 e. The molecule has 0 spiro atoms. The molecule has 0 bridgehead atoms. The highest BCUT2D eigenvalue weighted by Crippen LogP contribution is 2.13. The highest BCUT2D eigenvalue weighted by atomic mass is 19.1. The summed E-state index contributed by atoms with van der Waals surface area (Å²) < 4.78 is 18.5. The van der Waals surface area contributed by atoms with Crippen LogP contribution in [0.25, 0.3) is 0 Å². The lowest BCUT2D eigenvalue weighted by molar-refractivity contribution is 0.00728. The third kappa shape index (κ3) is 4.96. The predicted octanol–water partition coefficient (Wildman–Crippen LogP) is 2.30. The van der Waals surface area contributed by atoms with Crippen molar-refractivity contribution < 1.29 is 13.9 Å². The number of morpholine rings is 1. The van der Waals surface area contributed by atoms with E-state index in [1.807, 2.05) is 0 Å². The van der Waals surface area contributed by atoms with Crippen LogP contribution in [0.5, 0.6) is 0 Å². The molecule has 0 aliphatic carbocycles. The van der Waals surface area contributed by atoms with Crippen LogP contribution in [0.2, 0.25) is 0 Å². The van der Waals surface area contributed by atoms with E-state index >= 15 is 0 Å². The maximum atomic E-state index is 13.1. The maximum Gasteiger partial charge on any atom is 0.319 e. The minimum absolute atomic E-state index is 0.266. The molecule has 2 amide bonds. The number of hydrogen-bond donors (Lipinski definition) is 2. The van der Waals surface area contributed by atoms with Gasteiger partial charge in [0, 0.05) is 31.4 Å². The van der Waals surface area contributed by atoms with Crippen LogP contribution in [0.3, 0.4) is 0 Å². The number of nitrogens with zero attached hydrogens (tertiary/aromatic N) is 1. The molecule has 6 heteroatoms. The number of halogens is 1. The molecule has 0 radical (unpaired) electrons. The van der Waals surface area contributed by atoms with E-state index in [-0.39, 0.29) is 17.9 Å². The van der Waals surface area contributed by atoms with Gasteiger partial charge in [0.15, 0.2) is 0 Å². The van der Waals surface area contributed by atoms with Crippen LogP contribution in [0.1, 0.15) is 13.8 Å². The molecule has 1 fully saturated rings. The minimum atomic E-state index is -0.369. The first-order valence-corrected chi connectivity index (χ1v) is 7.68. The van der Waals surface area contributed by atoms with Gasteiger partial charge in [-0.1, -0.05) is 19.9 Å². The third-order valence-electron chi connectivity index (χ3n) is 3.84. The highest BCUT2D eigenvalue weighted by molar-refractivity contribution is 5.89. The van der Waals surface area contributed by atoms with E-state index in [2.05, 4.69) is 29.4 Å². The Labute approximate surface area is 130 Å². The van der Waals surface area contributed by atoms with Crippen LogP contribution in [0, 0.1) is 11.7 Å². The SMILES string of the molecule is CC(C)[C@@H](CNC(=O)Nc1cccc(F)c1)N1CCOCC1. The molecule has 1 aliphatic heterocycles. The van der Waals surface area contributed by atoms with Crippen LogP contribution < -0.4 is 10.6 Å². The lowest BCUT2D eigenvalue weighted by atomic mass is 10.0. The maximum absolute atomic E-state index is 13.1. The zero-order chi connectivity index (χ0) is 15.9. The number of urea groups is 1. The Hall–Kier alpha value is -1.66. The van der Waals surface area contributed by atoms with Gasteiger partial charge < -0.3 is 15.4 Å². The Morgan fingerprint density at radius 3 is 2.73 bits per heavy atom. The second-order valence-corrected chi connectivity index (χ2v) is 5.81. The molecule has 0 unspecified atom stereocenters. The average Bonchev–Trinajstić information content (AvgIpc) is 2.48. The standard InChI is InChI=1S/C16H24FN3O2/c1-12(2)15(20-6-8-22-9-7-20)11-18-16(21)19-14-5-3-4-13(17)10-14/h3-5,10,12,15H,6-9,11H2,1-2H3,(H2,18,19,21)/t15-/m1/s1. The summed E-state index contributed by atoms with van der Waals surface area (Å²) in [6, 6.07) is 5.81. The molecule has 22 heavy (non-hydrogen) atoms. The lowest BCUT2D eigenvalue weighted by Gasteiger charge is -2.36. The summed E-state index contributed by atoms with van der Waals surface area (Å²) in [5.41, 5.74) is 0.449. The number of hydrogen-bond acceptors (Lipinski definition) is 3. The largest absolute Gasteiger partial charge is 0.379 e. The van der Waals surface area contributed by atoms with Crippen LogP contribution in [-0.2, 0) is 4.74 Å². The molecule has 1 saturated heterocycles. The first-order chi connectivity index (χ1) is 10.6. The van der Waals surface area contributed by atoms with Gasteiger partial charge in [-0.05, 0) is 24.1 Å². The second-order valence-electron chi connectivity index (χ2n) is 5.81. The fourth-order valence-corrected chi connectivity index (χ4v) is 2.63. The molecular weight excluding hydrogens is 285 g/mol. The number of anilines is 1. The molecule has 5 nitrogen and oxygen atoms in total. The first-order valence-electron chi connectivity index (χ1n) is 7.68. The molecule has 1 aromatic carbocycles. The number of carbonyl (C=O) groups is 1. The molecule has 1 heterocycles. The van der Waals surface area contributed by atoms with Gasteiger partial charge in [-0.25, -0.2) is 9.18 Å². The van der Waals surface area contributed by atoms with Gasteiger partial charge >= 0.3 is 6.03 Å². The van der Waals surface area contributed by atoms with Gasteiger partial charge in [0.05, 0.1) is 13.2 Å². The van der Waals surface area contributed by atoms with Crippen molar-refractivity contribution in [1.29, 1.82) is 0 Å². The van der Waals surface area contributed by atoms with Gasteiger partial charge in [-0.2, -0.15) is 0 Å². The number of amides is 2. The summed E-state index contributed by atoms with van der Waals surface area (Å²) >= 11 is 0. The Morgan fingerprint density at radius 1 is 1.36 bits per heavy atom. The molecule has 2 N–H and O–H groups in total. The molecule has 1 atom stereocenters. The second kappa shape index (κ2) is 8.10. The summed E-state index contributed by atoms with van der Waals surface area (Å²) in [5.74, 6) is 0.0544. The van der Waals surface area contributed by atoms with Crippen LogP contribution in [0.15, 0.2) is 24.3 Å². The van der Waals surface area contributed by atoms with E-state index in [1.165, 1.54) is 12.1 Å². The number of rotatable bonds is 5. The van der Waals surface area contributed by atoms with Crippen molar-refractivity contribution in [3.8, 4) is 0 Å². The van der Waals surface area contributed by atoms with Crippen LogP contribution >= 0.6 is 0 Å². The zero-order valence-electron chi connectivity index (χ0n) is 13.1. The monoisotopic (exact) mass is 309 g/mol. The highest BCUT2D eigenvalue weighted by Gasteiger charge is 2.24. The fourth-order valence-electron chi connectivity index (χ4n) is 2.63. The Morgan fingerprint density at radius 2 is 2.09 bits per heavy atom. The predicted molar refractivity (Wildman–Crippen MR) is 84.4 cm³/mol. The number of benzene rings is 1. The molecule has 1 aromatic rings. The van der Waals surface area contributed by atoms with Crippen LogP contribution in [0.4, 0.5) is 14.9 Å². The lowest BCUT2D eigenvalue weighted by Crippen LogP contribution is -2.51. The van der Waals surface area contributed by atoms with E-state index in [9.17, 15) is 9.18 Å². The van der Waals surface area contributed by atoms with Crippen molar-refractivity contribution in [2.24, 2.45) is 5.92 Å². The van der Waals surface area contributed by atoms with Crippen molar-refractivity contribution in [2.45, 2.75) is 19.9 Å². The quantitative estimate of drug-likeness (QED) is 0.877. The van der Waals surface area contributed by atoms with Gasteiger partial charge in [0.25, 0.3) is 0 Å². The molecule has 0 aromatic heterocycles. The summed E-state index contributed by atoms with van der Waals surface area (Å²) in [6.07, 6.45) is 0. The number of carbonyl (C=O) groups excluding carboxylic acids is 1. The van der Waals surface area contributed by atoms with Crippen molar-refractivity contribution in [2.75, 3.05) is 38.2 Å². The van der Waals surface area contributed by atoms with Crippen molar-refractivity contribution >= 4 is 11.7 Å². The first kappa shape index (κ1) is 16.7. The fraction of sp³-hybridized carbons (Fsp3) is 0.562. The normalized spacial score (nSPS) is 17.3. The summed E-state index contributed by atoms with van der Waals surface area (Å²) in [4.78, 5) is 14.3. The van der Waals surface area contributed by atoms with E-state index in [0.717, 1.165) is 26.3 Å². The van der Waals surface area contributed by atoms with Gasteiger partial charge in [-0.3, -0.25) is 4.90 Å². The van der Waals surface area contributed by atoms with Crippen molar-refractivity contribution in [3.05, 3.63) is 30.1 Å². The summed E-state index contributed by atoms with van der Waals surface area (Å²) in [7, 11) is 0. The zero-order valence-corrected chi connectivity index (χ0v) is 13.1. The molecule has 1 aliphatic rings. The van der Waals surface area contributed by atoms with E-state index in [1.54, 1.807) is 12.1 Å². The molecule has 2 rings (SSSR count). The summed E-state index contributed by atoms with van der Waals surface area (Å²) in [5, 5.41) is 5.52. The summed E-state index contributed by atoms with van der Waals surface area (Å²) in [6.45, 7) is 8.08.